The molecule has 2 aromatic rings. The van der Waals surface area contributed by atoms with Crippen LogP contribution in [-0.4, -0.2) is 11.1 Å². The summed E-state index contributed by atoms with van der Waals surface area (Å²) < 4.78 is 29.6. The summed E-state index contributed by atoms with van der Waals surface area (Å²) in [6, 6.07) is 9.58. The molecular formula is C17H11BrCl3F2NO. The van der Waals surface area contributed by atoms with Gasteiger partial charge in [0.05, 0.1) is 5.71 Å². The second-order valence-corrected chi connectivity index (χ2v) is 7.95. The van der Waals surface area contributed by atoms with Gasteiger partial charge < -0.3 is 4.84 Å². The average molecular weight is 470 g/mol. The van der Waals surface area contributed by atoms with Crippen molar-refractivity contribution in [1.82, 2.24) is 0 Å². The Morgan fingerprint density at radius 3 is 2.36 bits per heavy atom. The number of aryl methyl sites for hydroxylation is 1. The van der Waals surface area contributed by atoms with Gasteiger partial charge >= 0.3 is 5.38 Å². The second kappa shape index (κ2) is 6.69. The lowest BCUT2D eigenvalue weighted by molar-refractivity contribution is -0.155. The van der Waals surface area contributed by atoms with Crippen LogP contribution in [0.25, 0.3) is 0 Å². The molecule has 1 atom stereocenters. The van der Waals surface area contributed by atoms with E-state index in [9.17, 15) is 8.78 Å². The Balaban J connectivity index is 2.04. The molecule has 0 bridgehead atoms. The molecule has 0 amide bonds. The summed E-state index contributed by atoms with van der Waals surface area (Å²) in [7, 11) is 0. The van der Waals surface area contributed by atoms with Crippen molar-refractivity contribution in [3.8, 4) is 0 Å². The molecule has 0 aromatic heterocycles. The van der Waals surface area contributed by atoms with Gasteiger partial charge in [-0.25, -0.2) is 0 Å². The number of hydrogen-bond donors (Lipinski definition) is 0. The number of rotatable bonds is 3. The predicted octanol–water partition coefficient (Wildman–Crippen LogP) is 6.92. The van der Waals surface area contributed by atoms with Gasteiger partial charge in [-0.1, -0.05) is 50.4 Å². The zero-order chi connectivity index (χ0) is 18.4. The van der Waals surface area contributed by atoms with E-state index in [2.05, 4.69) is 21.1 Å². The first-order valence-corrected chi connectivity index (χ1v) is 9.10. The Hall–Kier alpha value is -0.880. The molecule has 8 heteroatoms. The molecule has 0 saturated heterocycles. The van der Waals surface area contributed by atoms with Gasteiger partial charge in [-0.2, -0.15) is 8.78 Å². The lowest BCUT2D eigenvalue weighted by atomic mass is 9.87. The van der Waals surface area contributed by atoms with Gasteiger partial charge in [0.2, 0.25) is 5.60 Å². The van der Waals surface area contributed by atoms with Crippen LogP contribution in [0.5, 0.6) is 0 Å². The second-order valence-electron chi connectivity index (χ2n) is 5.75. The van der Waals surface area contributed by atoms with E-state index in [1.807, 2.05) is 19.1 Å². The molecule has 3 rings (SSSR count). The fourth-order valence-corrected chi connectivity index (χ4v) is 3.65. The molecule has 1 unspecified atom stereocenters. The number of hydrogen-bond acceptors (Lipinski definition) is 2. The number of oxime groups is 1. The smallest absolute Gasteiger partial charge is 0.367 e. The average Bonchev–Trinajstić information content (AvgIpc) is 2.95. The minimum atomic E-state index is -3.73. The SMILES string of the molecule is Cc1cc(C2=NOC(c3cc(Cl)cc(Cl)c3)(C(F)(F)Cl)C2)ccc1Br. The molecular weight excluding hydrogens is 458 g/mol. The van der Waals surface area contributed by atoms with E-state index in [0.29, 0.717) is 11.3 Å². The van der Waals surface area contributed by atoms with Crippen LogP contribution in [0, 0.1) is 6.92 Å². The van der Waals surface area contributed by atoms with Crippen LogP contribution >= 0.6 is 50.7 Å². The van der Waals surface area contributed by atoms with E-state index in [4.69, 9.17) is 39.6 Å². The van der Waals surface area contributed by atoms with Gasteiger partial charge in [0, 0.05) is 26.5 Å². The van der Waals surface area contributed by atoms with Crippen molar-refractivity contribution in [3.05, 3.63) is 67.6 Å². The maximum absolute atomic E-state index is 14.3. The van der Waals surface area contributed by atoms with E-state index < -0.39 is 11.0 Å². The van der Waals surface area contributed by atoms with Crippen molar-refractivity contribution in [1.29, 1.82) is 0 Å². The van der Waals surface area contributed by atoms with Crippen LogP contribution in [0.4, 0.5) is 8.78 Å². The van der Waals surface area contributed by atoms with Gasteiger partial charge in [-0.15, -0.1) is 0 Å². The molecule has 0 N–H and O–H groups in total. The zero-order valence-corrected chi connectivity index (χ0v) is 16.6. The van der Waals surface area contributed by atoms with E-state index >= 15 is 0 Å². The summed E-state index contributed by atoms with van der Waals surface area (Å²) in [6.45, 7) is 1.89. The summed E-state index contributed by atoms with van der Waals surface area (Å²) in [5, 5.41) is 0.573. The summed E-state index contributed by atoms with van der Waals surface area (Å²) in [6.07, 6.45) is -0.221. The Bertz CT molecular complexity index is 849. The van der Waals surface area contributed by atoms with Crippen molar-refractivity contribution < 1.29 is 13.6 Å². The highest BCUT2D eigenvalue weighted by Gasteiger charge is 2.60. The van der Waals surface area contributed by atoms with E-state index in [1.54, 1.807) is 6.07 Å². The van der Waals surface area contributed by atoms with Crippen molar-refractivity contribution in [2.45, 2.75) is 24.3 Å². The first-order valence-electron chi connectivity index (χ1n) is 7.17. The molecule has 2 nitrogen and oxygen atoms in total. The third-order valence-corrected chi connectivity index (χ3v) is 5.64. The van der Waals surface area contributed by atoms with Crippen LogP contribution in [0.1, 0.15) is 23.1 Å². The zero-order valence-electron chi connectivity index (χ0n) is 12.8. The number of nitrogens with zero attached hydrogens (tertiary/aromatic N) is 1. The minimum Gasteiger partial charge on any atom is -0.376 e. The molecule has 0 spiro atoms. The molecule has 1 aliphatic rings. The van der Waals surface area contributed by atoms with Gasteiger partial charge in [0.15, 0.2) is 0 Å². The molecule has 2 aromatic carbocycles. The monoisotopic (exact) mass is 467 g/mol. The van der Waals surface area contributed by atoms with Crippen molar-refractivity contribution in [2.75, 3.05) is 0 Å². The quantitative estimate of drug-likeness (QED) is 0.448. The first kappa shape index (κ1) is 18.9. The van der Waals surface area contributed by atoms with Gasteiger partial charge in [0.25, 0.3) is 0 Å². The van der Waals surface area contributed by atoms with E-state index in [0.717, 1.165) is 10.0 Å². The van der Waals surface area contributed by atoms with Crippen LogP contribution < -0.4 is 0 Å². The van der Waals surface area contributed by atoms with Crippen molar-refractivity contribution in [3.63, 3.8) is 0 Å². The van der Waals surface area contributed by atoms with Crippen LogP contribution in [0.15, 0.2) is 46.0 Å². The standard InChI is InChI=1S/C17H11BrCl3F2NO/c1-9-4-10(2-3-14(9)18)15-8-16(25-24-15,17(21,22)23)11-5-12(19)7-13(20)6-11/h2-7H,8H2,1H3. The fourth-order valence-electron chi connectivity index (χ4n) is 2.67. The Labute approximate surface area is 166 Å². The molecule has 1 heterocycles. The van der Waals surface area contributed by atoms with Gasteiger partial charge in [-0.05, 0) is 60.0 Å². The fraction of sp³-hybridized carbons (Fsp3) is 0.235. The topological polar surface area (TPSA) is 21.6 Å². The lowest BCUT2D eigenvalue weighted by Crippen LogP contribution is -2.42. The Kier molecular flexibility index (Phi) is 5.06. The number of benzene rings is 2. The molecule has 132 valence electrons. The normalized spacial score (nSPS) is 20.4. The molecule has 1 aliphatic heterocycles. The first-order chi connectivity index (χ1) is 11.6. The highest BCUT2D eigenvalue weighted by molar-refractivity contribution is 9.10. The highest BCUT2D eigenvalue weighted by atomic mass is 79.9. The maximum Gasteiger partial charge on any atom is 0.367 e. The summed E-state index contributed by atoms with van der Waals surface area (Å²) in [5.41, 5.74) is -0.123. The molecule has 0 aliphatic carbocycles. The largest absolute Gasteiger partial charge is 0.376 e. The maximum atomic E-state index is 14.3. The van der Waals surface area contributed by atoms with Crippen LogP contribution in [-0.2, 0) is 10.4 Å². The van der Waals surface area contributed by atoms with E-state index in [1.165, 1.54) is 18.2 Å². The lowest BCUT2D eigenvalue weighted by Gasteiger charge is -2.31. The molecule has 25 heavy (non-hydrogen) atoms. The molecule has 0 radical (unpaired) electrons. The third kappa shape index (κ3) is 3.52. The third-order valence-electron chi connectivity index (χ3n) is 4.01. The predicted molar refractivity (Wildman–Crippen MR) is 100 cm³/mol. The Morgan fingerprint density at radius 1 is 1.16 bits per heavy atom. The summed E-state index contributed by atoms with van der Waals surface area (Å²) in [4.78, 5) is 5.22. The van der Waals surface area contributed by atoms with Crippen molar-refractivity contribution >= 4 is 56.4 Å². The number of halogens is 6. The van der Waals surface area contributed by atoms with Crippen LogP contribution in [0.3, 0.4) is 0 Å². The highest BCUT2D eigenvalue weighted by Crippen LogP contribution is 2.51. The summed E-state index contributed by atoms with van der Waals surface area (Å²) >= 11 is 20.7. The summed E-state index contributed by atoms with van der Waals surface area (Å²) in [5.74, 6) is 0. The van der Waals surface area contributed by atoms with Gasteiger partial charge in [-0.3, -0.25) is 0 Å². The number of alkyl halides is 3. The molecule has 0 saturated carbocycles. The Morgan fingerprint density at radius 2 is 1.80 bits per heavy atom. The van der Waals surface area contributed by atoms with Crippen LogP contribution in [0.2, 0.25) is 10.0 Å². The van der Waals surface area contributed by atoms with Crippen molar-refractivity contribution in [2.24, 2.45) is 5.16 Å². The molecule has 0 fully saturated rings. The van der Waals surface area contributed by atoms with Gasteiger partial charge in [0.1, 0.15) is 0 Å². The van der Waals surface area contributed by atoms with E-state index in [-0.39, 0.29) is 22.0 Å². The minimum absolute atomic E-state index is 0.0672.